The number of aliphatic hydroxyl groups excluding tert-OH is 1. The van der Waals surface area contributed by atoms with Crippen LogP contribution < -0.4 is 9.80 Å². The number of nitrogens with zero attached hydrogens (tertiary/aromatic N) is 7. The number of anilines is 2. The molecule has 0 aromatic carbocycles. The maximum Gasteiger partial charge on any atom is 0.229 e. The van der Waals surface area contributed by atoms with Crippen molar-refractivity contribution in [1.29, 1.82) is 0 Å². The third-order valence-electron chi connectivity index (χ3n) is 4.59. The van der Waals surface area contributed by atoms with Crippen LogP contribution in [-0.2, 0) is 6.42 Å². The smallest absolute Gasteiger partial charge is 0.229 e. The molecule has 0 aliphatic carbocycles. The molecule has 140 valence electrons. The van der Waals surface area contributed by atoms with Crippen molar-refractivity contribution in [2.75, 3.05) is 29.5 Å². The van der Waals surface area contributed by atoms with E-state index in [1.807, 2.05) is 6.07 Å². The lowest BCUT2D eigenvalue weighted by molar-refractivity contribution is 0.296. The number of aliphatic hydroxyl groups is 1. The Morgan fingerprint density at radius 3 is 2.50 bits per heavy atom. The summed E-state index contributed by atoms with van der Waals surface area (Å²) in [5.41, 5.74) is 0. The lowest BCUT2D eigenvalue weighted by Gasteiger charge is -2.44. The summed E-state index contributed by atoms with van der Waals surface area (Å²) < 4.78 is 0. The summed E-state index contributed by atoms with van der Waals surface area (Å²) >= 11 is 0. The molecule has 26 heavy (non-hydrogen) atoms. The average molecular weight is 357 g/mol. The van der Waals surface area contributed by atoms with Crippen molar-refractivity contribution in [3.63, 3.8) is 0 Å². The molecule has 1 aliphatic rings. The van der Waals surface area contributed by atoms with Crippen LogP contribution in [0.4, 0.5) is 11.8 Å². The van der Waals surface area contributed by atoms with E-state index >= 15 is 0 Å². The zero-order valence-electron chi connectivity index (χ0n) is 15.9. The minimum Gasteiger partial charge on any atom is -0.396 e. The van der Waals surface area contributed by atoms with Crippen molar-refractivity contribution in [2.24, 2.45) is 0 Å². The SMILES string of the molecule is CC(C)c1ncnc(N2[C@H](C)CN(c3ccnc(CCO)n3)C[C@@H]2C)n1. The van der Waals surface area contributed by atoms with E-state index in [0.29, 0.717) is 12.2 Å². The molecule has 3 heterocycles. The normalized spacial score (nSPS) is 20.7. The molecule has 1 aliphatic heterocycles. The second-order valence-corrected chi connectivity index (χ2v) is 7.11. The average Bonchev–Trinajstić information content (AvgIpc) is 2.62. The number of hydrogen-bond acceptors (Lipinski definition) is 8. The van der Waals surface area contributed by atoms with Crippen LogP contribution in [0, 0.1) is 0 Å². The van der Waals surface area contributed by atoms with Crippen LogP contribution >= 0.6 is 0 Å². The van der Waals surface area contributed by atoms with E-state index in [4.69, 9.17) is 5.11 Å². The lowest BCUT2D eigenvalue weighted by Crippen LogP contribution is -2.58. The number of hydrogen-bond donors (Lipinski definition) is 1. The van der Waals surface area contributed by atoms with E-state index in [9.17, 15) is 0 Å². The number of rotatable bonds is 5. The molecule has 0 saturated carbocycles. The fraction of sp³-hybridized carbons (Fsp3) is 0.611. The Labute approximate surface area is 154 Å². The Balaban J connectivity index is 1.79. The van der Waals surface area contributed by atoms with E-state index < -0.39 is 0 Å². The standard InChI is InChI=1S/C18H27N7O/c1-12(2)17-20-11-21-18(23-17)25-13(3)9-24(10-14(25)4)16-5-7-19-15(22-16)6-8-26/h5,7,11-14,26H,6,8-10H2,1-4H3/t13-,14+. The largest absolute Gasteiger partial charge is 0.396 e. The van der Waals surface area contributed by atoms with Gasteiger partial charge < -0.3 is 14.9 Å². The predicted molar refractivity (Wildman–Crippen MR) is 100 cm³/mol. The van der Waals surface area contributed by atoms with Crippen molar-refractivity contribution >= 4 is 11.8 Å². The number of aromatic nitrogens is 5. The molecule has 0 bridgehead atoms. The first-order chi connectivity index (χ1) is 12.5. The first-order valence-corrected chi connectivity index (χ1v) is 9.14. The molecule has 1 saturated heterocycles. The molecule has 1 N–H and O–H groups in total. The fourth-order valence-corrected chi connectivity index (χ4v) is 3.39. The Morgan fingerprint density at radius 1 is 1.12 bits per heavy atom. The van der Waals surface area contributed by atoms with Gasteiger partial charge in [0.15, 0.2) is 0 Å². The van der Waals surface area contributed by atoms with Crippen molar-refractivity contribution in [3.8, 4) is 0 Å². The highest BCUT2D eigenvalue weighted by Crippen LogP contribution is 2.25. The van der Waals surface area contributed by atoms with Gasteiger partial charge in [-0.1, -0.05) is 13.8 Å². The molecule has 8 nitrogen and oxygen atoms in total. The molecule has 2 atom stereocenters. The van der Waals surface area contributed by atoms with Gasteiger partial charge in [0.1, 0.15) is 23.8 Å². The van der Waals surface area contributed by atoms with Gasteiger partial charge >= 0.3 is 0 Å². The molecule has 3 rings (SSSR count). The first kappa shape index (κ1) is 18.4. The molecular formula is C18H27N7O. The monoisotopic (exact) mass is 357 g/mol. The highest BCUT2D eigenvalue weighted by atomic mass is 16.3. The highest BCUT2D eigenvalue weighted by molar-refractivity contribution is 5.44. The van der Waals surface area contributed by atoms with Crippen LogP contribution in [0.15, 0.2) is 18.6 Å². The van der Waals surface area contributed by atoms with Gasteiger partial charge in [0.05, 0.1) is 6.61 Å². The molecule has 0 amide bonds. The minimum atomic E-state index is 0.0571. The van der Waals surface area contributed by atoms with Gasteiger partial charge in [-0.15, -0.1) is 0 Å². The Bertz CT molecular complexity index is 727. The Morgan fingerprint density at radius 2 is 1.85 bits per heavy atom. The van der Waals surface area contributed by atoms with Crippen LogP contribution in [0.1, 0.15) is 45.3 Å². The summed E-state index contributed by atoms with van der Waals surface area (Å²) in [5, 5.41) is 9.11. The van der Waals surface area contributed by atoms with Gasteiger partial charge in [-0.05, 0) is 19.9 Å². The predicted octanol–water partition coefficient (Wildman–Crippen LogP) is 1.42. The highest BCUT2D eigenvalue weighted by Gasteiger charge is 2.32. The summed E-state index contributed by atoms with van der Waals surface area (Å²) in [5.74, 6) is 3.41. The lowest BCUT2D eigenvalue weighted by atomic mass is 10.1. The van der Waals surface area contributed by atoms with Crippen LogP contribution in [-0.4, -0.2) is 61.8 Å². The second kappa shape index (κ2) is 7.90. The second-order valence-electron chi connectivity index (χ2n) is 7.11. The third kappa shape index (κ3) is 3.90. The van der Waals surface area contributed by atoms with Crippen LogP contribution in [0.2, 0.25) is 0 Å². The van der Waals surface area contributed by atoms with E-state index in [-0.39, 0.29) is 24.6 Å². The van der Waals surface area contributed by atoms with Crippen LogP contribution in [0.5, 0.6) is 0 Å². The third-order valence-corrected chi connectivity index (χ3v) is 4.59. The summed E-state index contributed by atoms with van der Waals surface area (Å²) in [4.78, 5) is 26.7. The van der Waals surface area contributed by atoms with Crippen LogP contribution in [0.25, 0.3) is 0 Å². The van der Waals surface area contributed by atoms with Crippen molar-refractivity contribution in [2.45, 2.75) is 52.1 Å². The molecule has 0 unspecified atom stereocenters. The van der Waals surface area contributed by atoms with Crippen LogP contribution in [0.3, 0.4) is 0 Å². The molecule has 2 aromatic rings. The Kier molecular flexibility index (Phi) is 5.61. The summed E-state index contributed by atoms with van der Waals surface area (Å²) in [6.45, 7) is 10.2. The van der Waals surface area contributed by atoms with Gasteiger partial charge in [0, 0.05) is 43.7 Å². The van der Waals surface area contributed by atoms with E-state index in [1.165, 1.54) is 0 Å². The van der Waals surface area contributed by atoms with Gasteiger partial charge in [-0.3, -0.25) is 0 Å². The molecule has 2 aromatic heterocycles. The zero-order valence-corrected chi connectivity index (χ0v) is 15.9. The fourth-order valence-electron chi connectivity index (χ4n) is 3.39. The maximum absolute atomic E-state index is 9.11. The maximum atomic E-state index is 9.11. The van der Waals surface area contributed by atoms with Gasteiger partial charge in [-0.2, -0.15) is 4.98 Å². The van der Waals surface area contributed by atoms with E-state index in [1.54, 1.807) is 12.5 Å². The molecular weight excluding hydrogens is 330 g/mol. The summed E-state index contributed by atoms with van der Waals surface area (Å²) in [6.07, 6.45) is 3.84. The zero-order chi connectivity index (χ0) is 18.7. The Hall–Kier alpha value is -2.35. The molecule has 8 heteroatoms. The first-order valence-electron chi connectivity index (χ1n) is 9.14. The quantitative estimate of drug-likeness (QED) is 0.859. The number of piperazine rings is 1. The van der Waals surface area contributed by atoms with Crippen molar-refractivity contribution < 1.29 is 5.11 Å². The summed E-state index contributed by atoms with van der Waals surface area (Å²) in [7, 11) is 0. The summed E-state index contributed by atoms with van der Waals surface area (Å²) in [6, 6.07) is 2.39. The van der Waals surface area contributed by atoms with Gasteiger partial charge in [-0.25, -0.2) is 19.9 Å². The molecule has 0 spiro atoms. The minimum absolute atomic E-state index is 0.0571. The molecule has 1 fully saturated rings. The van der Waals surface area contributed by atoms with Gasteiger partial charge in [0.25, 0.3) is 0 Å². The van der Waals surface area contributed by atoms with E-state index in [0.717, 1.165) is 30.7 Å². The molecule has 0 radical (unpaired) electrons. The topological polar surface area (TPSA) is 91.2 Å². The van der Waals surface area contributed by atoms with E-state index in [2.05, 4.69) is 62.4 Å². The van der Waals surface area contributed by atoms with Crippen molar-refractivity contribution in [3.05, 3.63) is 30.2 Å². The van der Waals surface area contributed by atoms with Crippen molar-refractivity contribution in [1.82, 2.24) is 24.9 Å². The van der Waals surface area contributed by atoms with Gasteiger partial charge in [0.2, 0.25) is 5.95 Å².